The third-order valence-corrected chi connectivity index (χ3v) is 3.58. The number of carbonyl (C=O) groups is 2. The number of hydrogen-bond acceptors (Lipinski definition) is 3. The zero-order chi connectivity index (χ0) is 15.7. The lowest BCUT2D eigenvalue weighted by Gasteiger charge is -2.11. The Morgan fingerprint density at radius 2 is 1.55 bits per heavy atom. The molecule has 5 nitrogen and oxygen atoms in total. The molecule has 2 aromatic carbocycles. The van der Waals surface area contributed by atoms with Crippen molar-refractivity contribution in [3.8, 4) is 0 Å². The highest BCUT2D eigenvalue weighted by Crippen LogP contribution is 2.24. The first-order chi connectivity index (χ1) is 10.6. The fourth-order valence-corrected chi connectivity index (χ4v) is 2.49. The van der Waals surface area contributed by atoms with Crippen molar-refractivity contribution in [2.75, 3.05) is 17.7 Å². The molecule has 0 unspecified atom stereocenters. The van der Waals surface area contributed by atoms with E-state index < -0.39 is 0 Å². The number of para-hydroxylation sites is 1. The van der Waals surface area contributed by atoms with E-state index in [9.17, 15) is 9.59 Å². The maximum atomic E-state index is 12.0. The number of nitrogens with one attached hydrogen (secondary N) is 2. The number of imide groups is 1. The predicted molar refractivity (Wildman–Crippen MR) is 89.2 cm³/mol. The van der Waals surface area contributed by atoms with Gasteiger partial charge in [0.1, 0.15) is 0 Å². The normalized spacial score (nSPS) is 13.0. The fraction of sp³-hybridized carbons (Fsp3) is 0.0625. The first kappa shape index (κ1) is 14.2. The van der Waals surface area contributed by atoms with Crippen molar-refractivity contribution in [3.05, 3.63) is 59.7 Å². The molecule has 1 heterocycles. The third-order valence-electron chi connectivity index (χ3n) is 3.38. The van der Waals surface area contributed by atoms with E-state index in [0.717, 1.165) is 10.6 Å². The maximum absolute atomic E-state index is 12.0. The van der Waals surface area contributed by atoms with Crippen molar-refractivity contribution in [1.82, 2.24) is 4.90 Å². The van der Waals surface area contributed by atoms with Gasteiger partial charge in [0.05, 0.1) is 11.1 Å². The summed E-state index contributed by atoms with van der Waals surface area (Å²) in [6, 6.07) is 14.5. The lowest BCUT2D eigenvalue weighted by atomic mass is 10.1. The standard InChI is InChI=1S/C16H13N3O2S/c1-19-14(20)12-8-7-11(9-13(12)15(19)21)18-16(22)17-10-5-3-2-4-6-10/h2-9H,1H3,(H2,17,18,22). The van der Waals surface area contributed by atoms with Gasteiger partial charge in [0, 0.05) is 18.4 Å². The number of amides is 2. The molecule has 0 aromatic heterocycles. The predicted octanol–water partition coefficient (Wildman–Crippen LogP) is 2.72. The molecule has 1 aliphatic heterocycles. The molecule has 110 valence electrons. The molecule has 0 radical (unpaired) electrons. The summed E-state index contributed by atoms with van der Waals surface area (Å²) in [5.41, 5.74) is 2.33. The highest BCUT2D eigenvalue weighted by molar-refractivity contribution is 7.80. The van der Waals surface area contributed by atoms with Gasteiger partial charge in [-0.05, 0) is 42.5 Å². The molecule has 0 saturated heterocycles. The van der Waals surface area contributed by atoms with Gasteiger partial charge in [-0.2, -0.15) is 0 Å². The summed E-state index contributed by atoms with van der Waals surface area (Å²) >= 11 is 5.24. The summed E-state index contributed by atoms with van der Waals surface area (Å²) in [5.74, 6) is -0.581. The third kappa shape index (κ3) is 2.56. The van der Waals surface area contributed by atoms with Gasteiger partial charge in [-0.15, -0.1) is 0 Å². The van der Waals surface area contributed by atoms with E-state index in [1.54, 1.807) is 18.2 Å². The van der Waals surface area contributed by atoms with Gasteiger partial charge in [0.25, 0.3) is 11.8 Å². The van der Waals surface area contributed by atoms with E-state index in [1.807, 2.05) is 30.3 Å². The van der Waals surface area contributed by atoms with Crippen molar-refractivity contribution in [3.63, 3.8) is 0 Å². The van der Waals surface area contributed by atoms with Crippen LogP contribution in [0.4, 0.5) is 11.4 Å². The minimum atomic E-state index is -0.300. The zero-order valence-electron chi connectivity index (χ0n) is 11.8. The highest BCUT2D eigenvalue weighted by atomic mass is 32.1. The number of benzene rings is 2. The second kappa shape index (κ2) is 5.57. The van der Waals surface area contributed by atoms with Crippen LogP contribution in [0, 0.1) is 0 Å². The second-order valence-electron chi connectivity index (χ2n) is 4.87. The lowest BCUT2D eigenvalue weighted by molar-refractivity contribution is 0.0693. The Kier molecular flexibility index (Phi) is 3.60. The minimum absolute atomic E-state index is 0.281. The molecule has 0 spiro atoms. The van der Waals surface area contributed by atoms with Crippen LogP contribution in [0.15, 0.2) is 48.5 Å². The number of fused-ring (bicyclic) bond motifs is 1. The Labute approximate surface area is 132 Å². The second-order valence-corrected chi connectivity index (χ2v) is 5.28. The smallest absolute Gasteiger partial charge is 0.261 e. The van der Waals surface area contributed by atoms with Gasteiger partial charge in [-0.3, -0.25) is 14.5 Å². The van der Waals surface area contributed by atoms with Gasteiger partial charge >= 0.3 is 0 Å². The van der Waals surface area contributed by atoms with Crippen LogP contribution in [-0.4, -0.2) is 28.9 Å². The molecule has 2 aromatic rings. The average molecular weight is 311 g/mol. The molecule has 2 N–H and O–H groups in total. The van der Waals surface area contributed by atoms with E-state index >= 15 is 0 Å². The van der Waals surface area contributed by atoms with Gasteiger partial charge in [0.2, 0.25) is 0 Å². The maximum Gasteiger partial charge on any atom is 0.261 e. The number of rotatable bonds is 2. The molecule has 6 heteroatoms. The van der Waals surface area contributed by atoms with Crippen molar-refractivity contribution in [2.24, 2.45) is 0 Å². The monoisotopic (exact) mass is 311 g/mol. The summed E-state index contributed by atoms with van der Waals surface area (Å²) in [6.07, 6.45) is 0. The minimum Gasteiger partial charge on any atom is -0.332 e. The Balaban J connectivity index is 1.76. The van der Waals surface area contributed by atoms with Gasteiger partial charge in [0.15, 0.2) is 5.11 Å². The van der Waals surface area contributed by atoms with Crippen LogP contribution in [0.3, 0.4) is 0 Å². The quantitative estimate of drug-likeness (QED) is 0.659. The van der Waals surface area contributed by atoms with Gasteiger partial charge < -0.3 is 10.6 Å². The van der Waals surface area contributed by atoms with Crippen LogP contribution in [0.2, 0.25) is 0 Å². The number of hydrogen-bond donors (Lipinski definition) is 2. The summed E-state index contributed by atoms with van der Waals surface area (Å²) in [5, 5.41) is 6.47. The van der Waals surface area contributed by atoms with Crippen LogP contribution in [-0.2, 0) is 0 Å². The summed E-state index contributed by atoms with van der Waals surface area (Å²) < 4.78 is 0. The van der Waals surface area contributed by atoms with Crippen LogP contribution >= 0.6 is 12.2 Å². The molecule has 0 aliphatic carbocycles. The molecule has 1 aliphatic rings. The van der Waals surface area contributed by atoms with Crippen LogP contribution in [0.1, 0.15) is 20.7 Å². The molecular formula is C16H13N3O2S. The Hall–Kier alpha value is -2.73. The van der Waals surface area contributed by atoms with Crippen molar-refractivity contribution in [1.29, 1.82) is 0 Å². The molecule has 0 fully saturated rings. The van der Waals surface area contributed by atoms with Crippen molar-refractivity contribution in [2.45, 2.75) is 0 Å². The van der Waals surface area contributed by atoms with Crippen LogP contribution < -0.4 is 10.6 Å². The number of nitrogens with zero attached hydrogens (tertiary/aromatic N) is 1. The van der Waals surface area contributed by atoms with E-state index in [4.69, 9.17) is 12.2 Å². The molecule has 0 bridgehead atoms. The van der Waals surface area contributed by atoms with Crippen LogP contribution in [0.25, 0.3) is 0 Å². The molecule has 22 heavy (non-hydrogen) atoms. The highest BCUT2D eigenvalue weighted by Gasteiger charge is 2.32. The number of anilines is 2. The number of carbonyl (C=O) groups excluding carboxylic acids is 2. The lowest BCUT2D eigenvalue weighted by Crippen LogP contribution is -2.24. The fourth-order valence-electron chi connectivity index (χ4n) is 2.25. The SMILES string of the molecule is CN1C(=O)c2ccc(NC(=S)Nc3ccccc3)cc2C1=O. The molecule has 0 saturated carbocycles. The summed E-state index contributed by atoms with van der Waals surface area (Å²) in [7, 11) is 1.47. The van der Waals surface area contributed by atoms with Crippen LogP contribution in [0.5, 0.6) is 0 Å². The van der Waals surface area contributed by atoms with E-state index in [-0.39, 0.29) is 11.8 Å². The van der Waals surface area contributed by atoms with E-state index in [1.165, 1.54) is 7.05 Å². The number of thiocarbonyl (C=S) groups is 1. The molecular weight excluding hydrogens is 298 g/mol. The van der Waals surface area contributed by atoms with Gasteiger partial charge in [-0.1, -0.05) is 18.2 Å². The molecule has 0 atom stereocenters. The van der Waals surface area contributed by atoms with Crippen molar-refractivity contribution >= 4 is 40.5 Å². The zero-order valence-corrected chi connectivity index (χ0v) is 12.6. The largest absolute Gasteiger partial charge is 0.332 e. The first-order valence-corrected chi connectivity index (χ1v) is 7.06. The Morgan fingerprint density at radius 1 is 0.909 bits per heavy atom. The summed E-state index contributed by atoms with van der Waals surface area (Å²) in [6.45, 7) is 0. The Bertz CT molecular complexity index is 774. The van der Waals surface area contributed by atoms with Gasteiger partial charge in [-0.25, -0.2) is 0 Å². The Morgan fingerprint density at radius 3 is 2.27 bits per heavy atom. The van der Waals surface area contributed by atoms with E-state index in [2.05, 4.69) is 10.6 Å². The van der Waals surface area contributed by atoms with E-state index in [0.29, 0.717) is 21.9 Å². The molecule has 3 rings (SSSR count). The average Bonchev–Trinajstić information content (AvgIpc) is 2.73. The topological polar surface area (TPSA) is 61.4 Å². The van der Waals surface area contributed by atoms with Crippen molar-refractivity contribution < 1.29 is 9.59 Å². The first-order valence-electron chi connectivity index (χ1n) is 6.66. The summed E-state index contributed by atoms with van der Waals surface area (Å²) in [4.78, 5) is 24.9. The molecule has 2 amide bonds.